The predicted molar refractivity (Wildman–Crippen MR) is 66.8 cm³/mol. The molecule has 0 amide bonds. The Balaban J connectivity index is 2.74. The SMILES string of the molecule is CCOC(=O)CCNS(=O)(=O)c1cc(C(=O)O)oc1C. The molecule has 112 valence electrons. The Kier molecular flexibility index (Phi) is 5.28. The summed E-state index contributed by atoms with van der Waals surface area (Å²) >= 11 is 0. The predicted octanol–water partition coefficient (Wildman–Crippen LogP) is 0.518. The molecule has 20 heavy (non-hydrogen) atoms. The second-order valence-corrected chi connectivity index (χ2v) is 5.52. The first-order chi connectivity index (χ1) is 9.27. The van der Waals surface area contributed by atoms with Gasteiger partial charge in [-0.2, -0.15) is 0 Å². The summed E-state index contributed by atoms with van der Waals surface area (Å²) < 4.78 is 35.5. The quantitative estimate of drug-likeness (QED) is 0.704. The molecule has 9 heteroatoms. The van der Waals surface area contributed by atoms with Gasteiger partial charge in [-0.25, -0.2) is 17.9 Å². The molecule has 0 saturated heterocycles. The van der Waals surface area contributed by atoms with Crippen molar-refractivity contribution in [1.29, 1.82) is 0 Å². The number of hydrogen-bond donors (Lipinski definition) is 2. The molecule has 0 aromatic carbocycles. The number of rotatable bonds is 7. The van der Waals surface area contributed by atoms with Gasteiger partial charge in [0.25, 0.3) is 0 Å². The highest BCUT2D eigenvalue weighted by molar-refractivity contribution is 7.89. The lowest BCUT2D eigenvalue weighted by molar-refractivity contribution is -0.142. The van der Waals surface area contributed by atoms with E-state index >= 15 is 0 Å². The second-order valence-electron chi connectivity index (χ2n) is 3.79. The third-order valence-corrected chi connectivity index (χ3v) is 3.87. The number of nitrogens with one attached hydrogen (secondary N) is 1. The Morgan fingerprint density at radius 3 is 2.60 bits per heavy atom. The Morgan fingerprint density at radius 1 is 1.45 bits per heavy atom. The van der Waals surface area contributed by atoms with E-state index < -0.39 is 27.7 Å². The molecule has 0 fully saturated rings. The first-order valence-corrected chi connectivity index (χ1v) is 7.25. The molecule has 8 nitrogen and oxygen atoms in total. The number of hydrogen-bond acceptors (Lipinski definition) is 6. The van der Waals surface area contributed by atoms with Gasteiger partial charge in [-0.1, -0.05) is 0 Å². The van der Waals surface area contributed by atoms with Crippen molar-refractivity contribution in [3.8, 4) is 0 Å². The van der Waals surface area contributed by atoms with E-state index in [1.165, 1.54) is 6.92 Å². The molecule has 0 spiro atoms. The fourth-order valence-corrected chi connectivity index (χ4v) is 2.64. The van der Waals surface area contributed by atoms with Crippen molar-refractivity contribution in [2.75, 3.05) is 13.2 Å². The van der Waals surface area contributed by atoms with E-state index in [1.54, 1.807) is 6.92 Å². The minimum Gasteiger partial charge on any atom is -0.475 e. The normalized spacial score (nSPS) is 11.3. The summed E-state index contributed by atoms with van der Waals surface area (Å²) in [5, 5.41) is 8.73. The maximum atomic E-state index is 11.9. The summed E-state index contributed by atoms with van der Waals surface area (Å²) in [6, 6.07) is 0.921. The average Bonchev–Trinajstić information content (AvgIpc) is 2.72. The van der Waals surface area contributed by atoms with E-state index in [0.717, 1.165) is 6.07 Å². The van der Waals surface area contributed by atoms with Gasteiger partial charge in [-0.15, -0.1) is 0 Å². The first-order valence-electron chi connectivity index (χ1n) is 5.77. The molecule has 0 aliphatic carbocycles. The van der Waals surface area contributed by atoms with E-state index in [0.29, 0.717) is 0 Å². The highest BCUT2D eigenvalue weighted by Crippen LogP contribution is 2.19. The molecular formula is C11H15NO7S. The molecule has 0 unspecified atom stereocenters. The summed E-state index contributed by atoms with van der Waals surface area (Å²) in [7, 11) is -3.93. The topological polar surface area (TPSA) is 123 Å². The standard InChI is InChI=1S/C11H15NO7S/c1-3-18-10(13)4-5-12-20(16,17)9-6-8(11(14)15)19-7(9)2/h6,12H,3-5H2,1-2H3,(H,14,15). The number of sulfonamides is 1. The van der Waals surface area contributed by atoms with Crippen LogP contribution in [0, 0.1) is 6.92 Å². The minimum absolute atomic E-state index is 0.0361. The van der Waals surface area contributed by atoms with Crippen molar-refractivity contribution in [2.45, 2.75) is 25.2 Å². The minimum atomic E-state index is -3.93. The molecule has 0 radical (unpaired) electrons. The van der Waals surface area contributed by atoms with Crippen molar-refractivity contribution < 1.29 is 32.3 Å². The van der Waals surface area contributed by atoms with Crippen LogP contribution in [0.4, 0.5) is 0 Å². The van der Waals surface area contributed by atoms with Crippen LogP contribution in [0.15, 0.2) is 15.4 Å². The van der Waals surface area contributed by atoms with E-state index in [2.05, 4.69) is 9.46 Å². The fraction of sp³-hybridized carbons (Fsp3) is 0.455. The van der Waals surface area contributed by atoms with E-state index in [-0.39, 0.29) is 30.2 Å². The zero-order valence-corrected chi connectivity index (χ0v) is 11.8. The van der Waals surface area contributed by atoms with Crippen molar-refractivity contribution in [3.05, 3.63) is 17.6 Å². The van der Waals surface area contributed by atoms with E-state index in [9.17, 15) is 18.0 Å². The molecule has 1 aromatic heterocycles. The van der Waals surface area contributed by atoms with Crippen molar-refractivity contribution in [2.24, 2.45) is 0 Å². The van der Waals surface area contributed by atoms with E-state index in [1.807, 2.05) is 0 Å². The van der Waals surface area contributed by atoms with Crippen LogP contribution in [0.2, 0.25) is 0 Å². The second kappa shape index (κ2) is 6.53. The molecule has 1 aromatic rings. The molecular weight excluding hydrogens is 290 g/mol. The van der Waals surface area contributed by atoms with Gasteiger partial charge in [0, 0.05) is 12.6 Å². The fourth-order valence-electron chi connectivity index (χ4n) is 1.44. The smallest absolute Gasteiger partial charge is 0.371 e. The number of carbonyl (C=O) groups is 2. The molecule has 0 aliphatic rings. The molecule has 1 rings (SSSR count). The summed E-state index contributed by atoms with van der Waals surface area (Å²) in [5.41, 5.74) is 0. The number of aryl methyl sites for hydroxylation is 1. The highest BCUT2D eigenvalue weighted by Gasteiger charge is 2.23. The Hall–Kier alpha value is -1.87. The molecule has 0 atom stereocenters. The van der Waals surface area contributed by atoms with Crippen LogP contribution in [0.25, 0.3) is 0 Å². The summed E-state index contributed by atoms with van der Waals surface area (Å²) in [6.07, 6.45) is -0.115. The number of ether oxygens (including phenoxy) is 1. The van der Waals surface area contributed by atoms with Gasteiger partial charge >= 0.3 is 11.9 Å². The monoisotopic (exact) mass is 305 g/mol. The third kappa shape index (κ3) is 4.07. The van der Waals surface area contributed by atoms with Gasteiger partial charge in [0.05, 0.1) is 13.0 Å². The Morgan fingerprint density at radius 2 is 2.10 bits per heavy atom. The van der Waals surface area contributed by atoms with Crippen molar-refractivity contribution in [1.82, 2.24) is 4.72 Å². The van der Waals surface area contributed by atoms with Gasteiger partial charge in [0.1, 0.15) is 10.7 Å². The third-order valence-electron chi connectivity index (χ3n) is 2.30. The summed E-state index contributed by atoms with van der Waals surface area (Å²) in [4.78, 5) is 21.5. The van der Waals surface area contributed by atoms with Crippen LogP contribution in [-0.4, -0.2) is 38.6 Å². The number of carboxylic acids is 1. The van der Waals surface area contributed by atoms with Crippen molar-refractivity contribution >= 4 is 22.0 Å². The highest BCUT2D eigenvalue weighted by atomic mass is 32.2. The van der Waals surface area contributed by atoms with Crippen molar-refractivity contribution in [3.63, 3.8) is 0 Å². The molecule has 2 N–H and O–H groups in total. The van der Waals surface area contributed by atoms with Crippen LogP contribution < -0.4 is 4.72 Å². The van der Waals surface area contributed by atoms with Crippen LogP contribution >= 0.6 is 0 Å². The number of aromatic carboxylic acids is 1. The van der Waals surface area contributed by atoms with Gasteiger partial charge in [0.2, 0.25) is 15.8 Å². The lowest BCUT2D eigenvalue weighted by atomic mass is 10.4. The van der Waals surface area contributed by atoms with Gasteiger partial charge in [-0.05, 0) is 13.8 Å². The number of carboxylic acid groups (broad SMARTS) is 1. The van der Waals surface area contributed by atoms with Crippen LogP contribution in [0.1, 0.15) is 29.7 Å². The number of esters is 1. The lowest BCUT2D eigenvalue weighted by Gasteiger charge is -2.05. The van der Waals surface area contributed by atoms with Gasteiger partial charge < -0.3 is 14.3 Å². The Labute approximate surface area is 115 Å². The molecule has 1 heterocycles. The van der Waals surface area contributed by atoms with Crippen LogP contribution in [0.3, 0.4) is 0 Å². The maximum absolute atomic E-state index is 11.9. The van der Waals surface area contributed by atoms with E-state index in [4.69, 9.17) is 9.52 Å². The van der Waals surface area contributed by atoms with Crippen LogP contribution in [0.5, 0.6) is 0 Å². The number of carbonyl (C=O) groups excluding carboxylic acids is 1. The summed E-state index contributed by atoms with van der Waals surface area (Å²) in [6.45, 7) is 3.05. The first kappa shape index (κ1) is 16.2. The van der Waals surface area contributed by atoms with Crippen LogP contribution in [-0.2, 0) is 19.6 Å². The lowest BCUT2D eigenvalue weighted by Crippen LogP contribution is -2.27. The zero-order valence-electron chi connectivity index (χ0n) is 11.0. The van der Waals surface area contributed by atoms with Gasteiger partial charge in [-0.3, -0.25) is 4.79 Å². The largest absolute Gasteiger partial charge is 0.475 e. The van der Waals surface area contributed by atoms with Gasteiger partial charge in [0.15, 0.2) is 0 Å². The molecule has 0 saturated carbocycles. The maximum Gasteiger partial charge on any atom is 0.371 e. The summed E-state index contributed by atoms with van der Waals surface area (Å²) in [5.74, 6) is -2.38. The molecule has 0 bridgehead atoms. The Bertz CT molecular complexity index is 602. The molecule has 0 aliphatic heterocycles. The number of furan rings is 1. The zero-order chi connectivity index (χ0) is 15.3. The average molecular weight is 305 g/mol.